The first-order valence-electron chi connectivity index (χ1n) is 5.62. The summed E-state index contributed by atoms with van der Waals surface area (Å²) in [5.41, 5.74) is 0.233. The molecule has 1 fully saturated rings. The van der Waals surface area contributed by atoms with Crippen LogP contribution in [0.25, 0.3) is 0 Å². The fourth-order valence-electron chi connectivity index (χ4n) is 1.96. The minimum absolute atomic E-state index is 0.233. The maximum absolute atomic E-state index is 5.80. The second-order valence-corrected chi connectivity index (χ2v) is 6.99. The van der Waals surface area contributed by atoms with E-state index in [0.29, 0.717) is 0 Å². The predicted molar refractivity (Wildman–Crippen MR) is 58.5 cm³/mol. The summed E-state index contributed by atoms with van der Waals surface area (Å²) in [5.74, 6) is 0. The predicted octanol–water partition coefficient (Wildman–Crippen LogP) is 2.24. The minimum Gasteiger partial charge on any atom is -0.393 e. The molecule has 0 aliphatic carbocycles. The Hall–Kier alpha value is 0.0969. The highest BCUT2D eigenvalue weighted by atomic mass is 28.4. The summed E-state index contributed by atoms with van der Waals surface area (Å²) in [5, 5.41) is 0. The number of hydrogen-bond acceptors (Lipinski definition) is 3. The van der Waals surface area contributed by atoms with Crippen LogP contribution in [0.15, 0.2) is 0 Å². The van der Waals surface area contributed by atoms with Crippen molar-refractivity contribution in [3.8, 4) is 0 Å². The monoisotopic (exact) mass is 218 g/mol. The zero-order valence-corrected chi connectivity index (χ0v) is 10.5. The topological polar surface area (TPSA) is 27.7 Å². The third kappa shape index (κ3) is 3.05. The highest BCUT2D eigenvalue weighted by Gasteiger charge is 2.42. The third-order valence-corrected chi connectivity index (χ3v) is 5.98. The molecular weight excluding hydrogens is 196 g/mol. The zero-order chi connectivity index (χ0) is 10.4. The van der Waals surface area contributed by atoms with Gasteiger partial charge in [-0.1, -0.05) is 0 Å². The molecular formula is C10H22O3Si. The number of hydrogen-bond donors (Lipinski definition) is 0. The highest BCUT2D eigenvalue weighted by Crippen LogP contribution is 2.24. The Labute approximate surface area is 88.0 Å². The van der Waals surface area contributed by atoms with Crippen molar-refractivity contribution in [3.63, 3.8) is 0 Å². The van der Waals surface area contributed by atoms with Gasteiger partial charge >= 0.3 is 8.56 Å². The molecule has 0 radical (unpaired) electrons. The van der Waals surface area contributed by atoms with Gasteiger partial charge in [0.2, 0.25) is 0 Å². The van der Waals surface area contributed by atoms with Gasteiger partial charge in [-0.2, -0.15) is 0 Å². The Bertz CT molecular complexity index is 151. The van der Waals surface area contributed by atoms with Gasteiger partial charge in [0.25, 0.3) is 0 Å². The summed E-state index contributed by atoms with van der Waals surface area (Å²) in [4.78, 5) is 0. The van der Waals surface area contributed by atoms with Crippen molar-refractivity contribution in [2.75, 3.05) is 19.8 Å². The van der Waals surface area contributed by atoms with Crippen molar-refractivity contribution in [1.82, 2.24) is 0 Å². The lowest BCUT2D eigenvalue weighted by atomic mass is 10.2. The molecule has 0 bridgehead atoms. The van der Waals surface area contributed by atoms with Gasteiger partial charge in [-0.25, -0.2) is 0 Å². The molecule has 0 saturated carbocycles. The van der Waals surface area contributed by atoms with E-state index < -0.39 is 8.56 Å². The van der Waals surface area contributed by atoms with Crippen LogP contribution in [-0.2, 0) is 13.6 Å². The van der Waals surface area contributed by atoms with E-state index in [1.807, 2.05) is 13.8 Å². The summed E-state index contributed by atoms with van der Waals surface area (Å²) in [6, 6.07) is 0. The average Bonchev–Trinajstić information content (AvgIpc) is 2.20. The van der Waals surface area contributed by atoms with Gasteiger partial charge in [0.05, 0.1) is 0 Å². The fourth-order valence-corrected chi connectivity index (χ4v) is 4.71. The Balaban J connectivity index is 2.54. The van der Waals surface area contributed by atoms with Gasteiger partial charge in [0.1, 0.15) is 5.73 Å². The second kappa shape index (κ2) is 5.85. The zero-order valence-electron chi connectivity index (χ0n) is 9.54. The largest absolute Gasteiger partial charge is 0.393 e. The van der Waals surface area contributed by atoms with E-state index >= 15 is 0 Å². The van der Waals surface area contributed by atoms with Crippen LogP contribution < -0.4 is 0 Å². The van der Waals surface area contributed by atoms with Crippen molar-refractivity contribution in [3.05, 3.63) is 0 Å². The molecule has 0 amide bonds. The molecule has 0 N–H and O–H groups in total. The second-order valence-electron chi connectivity index (χ2n) is 3.74. The Morgan fingerprint density at radius 1 is 1.21 bits per heavy atom. The van der Waals surface area contributed by atoms with Crippen LogP contribution in [0.2, 0.25) is 6.55 Å². The molecule has 0 aromatic carbocycles. The van der Waals surface area contributed by atoms with Gasteiger partial charge in [0, 0.05) is 19.8 Å². The van der Waals surface area contributed by atoms with Gasteiger partial charge < -0.3 is 13.6 Å². The Kier molecular flexibility index (Phi) is 5.09. The van der Waals surface area contributed by atoms with Gasteiger partial charge in [-0.05, 0) is 39.7 Å². The van der Waals surface area contributed by atoms with E-state index in [1.165, 1.54) is 12.8 Å². The molecule has 1 rings (SSSR count). The van der Waals surface area contributed by atoms with Crippen molar-refractivity contribution in [2.45, 2.75) is 45.4 Å². The van der Waals surface area contributed by atoms with Crippen LogP contribution >= 0.6 is 0 Å². The fraction of sp³-hybridized carbons (Fsp3) is 1.00. The SMILES string of the molecule is CCO[Si](C)(OCC)C1CCCCO1. The molecule has 3 nitrogen and oxygen atoms in total. The van der Waals surface area contributed by atoms with Crippen LogP contribution in [0.4, 0.5) is 0 Å². The average molecular weight is 218 g/mol. The maximum atomic E-state index is 5.80. The van der Waals surface area contributed by atoms with E-state index in [0.717, 1.165) is 26.2 Å². The van der Waals surface area contributed by atoms with Gasteiger partial charge in [-0.15, -0.1) is 0 Å². The van der Waals surface area contributed by atoms with Crippen molar-refractivity contribution >= 4 is 8.56 Å². The normalized spacial score (nSPS) is 23.8. The van der Waals surface area contributed by atoms with Crippen LogP contribution in [0.3, 0.4) is 0 Å². The van der Waals surface area contributed by atoms with E-state index in [2.05, 4.69) is 6.55 Å². The summed E-state index contributed by atoms with van der Waals surface area (Å²) < 4.78 is 17.4. The summed E-state index contributed by atoms with van der Waals surface area (Å²) in [6.07, 6.45) is 3.52. The lowest BCUT2D eigenvalue weighted by Crippen LogP contribution is -2.53. The Morgan fingerprint density at radius 2 is 1.86 bits per heavy atom. The molecule has 0 aromatic rings. The molecule has 14 heavy (non-hydrogen) atoms. The van der Waals surface area contributed by atoms with Gasteiger partial charge in [0.15, 0.2) is 0 Å². The first-order chi connectivity index (χ1) is 6.73. The number of rotatable bonds is 5. The molecule has 1 atom stereocenters. The first kappa shape index (κ1) is 12.2. The molecule has 0 aromatic heterocycles. The lowest BCUT2D eigenvalue weighted by molar-refractivity contribution is 0.0197. The summed E-state index contributed by atoms with van der Waals surface area (Å²) in [6.45, 7) is 8.48. The van der Waals surface area contributed by atoms with Crippen LogP contribution in [0, 0.1) is 0 Å². The summed E-state index contributed by atoms with van der Waals surface area (Å²) >= 11 is 0. The van der Waals surface area contributed by atoms with E-state index in [4.69, 9.17) is 13.6 Å². The third-order valence-electron chi connectivity index (χ3n) is 2.63. The van der Waals surface area contributed by atoms with Crippen molar-refractivity contribution < 1.29 is 13.6 Å². The van der Waals surface area contributed by atoms with Crippen molar-refractivity contribution in [1.29, 1.82) is 0 Å². The molecule has 0 spiro atoms. The van der Waals surface area contributed by atoms with Crippen LogP contribution in [0.1, 0.15) is 33.1 Å². The maximum Gasteiger partial charge on any atom is 0.364 e. The standard InChI is InChI=1S/C10H22O3Si/c1-4-12-14(3,13-5-2)10-8-6-7-9-11-10/h10H,4-9H2,1-3H3. The first-order valence-corrected chi connectivity index (χ1v) is 8.01. The summed E-state index contributed by atoms with van der Waals surface area (Å²) in [7, 11) is -2.07. The molecule has 4 heteroatoms. The quantitative estimate of drug-likeness (QED) is 0.662. The van der Waals surface area contributed by atoms with Crippen LogP contribution in [-0.4, -0.2) is 34.1 Å². The van der Waals surface area contributed by atoms with Crippen molar-refractivity contribution in [2.24, 2.45) is 0 Å². The smallest absolute Gasteiger partial charge is 0.364 e. The van der Waals surface area contributed by atoms with E-state index in [1.54, 1.807) is 0 Å². The Morgan fingerprint density at radius 3 is 2.29 bits per heavy atom. The molecule has 1 aliphatic rings. The lowest BCUT2D eigenvalue weighted by Gasteiger charge is -2.35. The highest BCUT2D eigenvalue weighted by molar-refractivity contribution is 6.67. The molecule has 1 unspecified atom stereocenters. The van der Waals surface area contributed by atoms with E-state index in [-0.39, 0.29) is 5.73 Å². The minimum atomic E-state index is -2.07. The van der Waals surface area contributed by atoms with Gasteiger partial charge in [-0.3, -0.25) is 0 Å². The molecule has 84 valence electrons. The number of ether oxygens (including phenoxy) is 1. The van der Waals surface area contributed by atoms with E-state index in [9.17, 15) is 0 Å². The molecule has 1 saturated heterocycles. The molecule has 1 heterocycles. The molecule has 1 aliphatic heterocycles. The van der Waals surface area contributed by atoms with Crippen LogP contribution in [0.5, 0.6) is 0 Å².